The smallest absolute Gasteiger partial charge is 0.280 e. The number of halogens is 1. The molecule has 0 aliphatic heterocycles. The number of nitrogen functional groups attached to an aromatic ring is 1. The molecule has 0 aliphatic rings. The van der Waals surface area contributed by atoms with E-state index in [1.807, 2.05) is 125 Å². The zero-order chi connectivity index (χ0) is 78.7. The van der Waals surface area contributed by atoms with Crippen LogP contribution < -0.4 is 55.0 Å². The van der Waals surface area contributed by atoms with Crippen LogP contribution in [-0.2, 0) is 73.2 Å². The molecule has 12 rings (SSSR count). The van der Waals surface area contributed by atoms with E-state index in [9.17, 15) is 28.8 Å². The summed E-state index contributed by atoms with van der Waals surface area (Å²) in [6.07, 6.45) is 9.12. The van der Waals surface area contributed by atoms with Crippen molar-refractivity contribution in [2.24, 2.45) is 35.2 Å². The number of rotatable bonds is 8. The average molecular weight is 1470 g/mol. The Bertz CT molecular complexity index is 5480. The van der Waals surface area contributed by atoms with Crippen molar-refractivity contribution in [3.8, 4) is 0 Å². The van der Waals surface area contributed by atoms with Gasteiger partial charge >= 0.3 is 0 Å². The number of methoxy groups -OCH3 is 1. The molecule has 12 aromatic heterocycles. The number of nitrogens with one attached hydrogen (secondary N) is 3. The number of nitrogens with two attached hydrogens (primary N) is 1. The van der Waals surface area contributed by atoms with Gasteiger partial charge in [-0.15, -0.1) is 0 Å². The van der Waals surface area contributed by atoms with Crippen LogP contribution in [0, 0.1) is 6.57 Å². The van der Waals surface area contributed by atoms with Crippen LogP contribution in [0.4, 0.5) is 29.6 Å². The number of aryl methyl sites for hydroxylation is 5. The molecule has 0 spiro atoms. The molecular weight excluding hydrogens is 1370 g/mol. The fourth-order valence-corrected chi connectivity index (χ4v) is 10.5. The summed E-state index contributed by atoms with van der Waals surface area (Å²) in [6, 6.07) is 3.14. The summed E-state index contributed by atoms with van der Waals surface area (Å²) < 4.78 is 22.8. The number of aliphatic hydroxyl groups is 1. The Morgan fingerprint density at radius 3 is 1.09 bits per heavy atom. The molecule has 0 fully saturated rings. The Morgan fingerprint density at radius 1 is 0.438 bits per heavy atom. The van der Waals surface area contributed by atoms with Gasteiger partial charge in [-0.05, 0) is 142 Å². The van der Waals surface area contributed by atoms with Gasteiger partial charge in [0, 0.05) is 95.7 Å². The Hall–Kier alpha value is -11.1. The summed E-state index contributed by atoms with van der Waals surface area (Å²) in [6.45, 7) is 43.6. The summed E-state index contributed by atoms with van der Waals surface area (Å²) in [5.41, 5.74) is 7.91. The zero-order valence-electron chi connectivity index (χ0n) is 64.4. The van der Waals surface area contributed by atoms with Crippen LogP contribution in [0.3, 0.4) is 0 Å². The van der Waals surface area contributed by atoms with E-state index in [2.05, 4.69) is 80.6 Å². The van der Waals surface area contributed by atoms with E-state index in [-0.39, 0.29) is 84.3 Å². The van der Waals surface area contributed by atoms with Gasteiger partial charge in [0.05, 0.1) is 13.2 Å². The number of hydrogen-bond donors (Lipinski definition) is 5. The Labute approximate surface area is 609 Å². The summed E-state index contributed by atoms with van der Waals surface area (Å²) >= 11 is 5.85. The minimum atomic E-state index is -0.332. The largest absolute Gasteiger partial charge is 0.395 e. The van der Waals surface area contributed by atoms with Gasteiger partial charge in [-0.1, -0.05) is 17.6 Å². The highest BCUT2D eigenvalue weighted by Crippen LogP contribution is 2.22. The third kappa shape index (κ3) is 17.6. The first-order valence-corrected chi connectivity index (χ1v) is 33.7. The first-order valence-electron chi connectivity index (χ1n) is 33.3. The highest BCUT2D eigenvalue weighted by atomic mass is 35.5. The van der Waals surface area contributed by atoms with Crippen molar-refractivity contribution in [2.45, 2.75) is 158 Å². The average Bonchev–Trinajstić information content (AvgIpc) is 1.71. The second-order valence-electron chi connectivity index (χ2n) is 30.3. The predicted octanol–water partition coefficient (Wildman–Crippen LogP) is 6.26. The molecule has 105 heavy (non-hydrogen) atoms. The lowest BCUT2D eigenvalue weighted by Crippen LogP contribution is -2.34. The van der Waals surface area contributed by atoms with Crippen molar-refractivity contribution in [1.82, 2.24) is 110 Å². The van der Waals surface area contributed by atoms with E-state index < -0.39 is 0 Å². The van der Waals surface area contributed by atoms with Crippen molar-refractivity contribution in [1.29, 1.82) is 0 Å². The number of imidazole rings is 5. The molecule has 6 N–H and O–H groups in total. The summed E-state index contributed by atoms with van der Waals surface area (Å²) in [7, 11) is 12.2. The fourth-order valence-electron chi connectivity index (χ4n) is 10.4. The third-order valence-corrected chi connectivity index (χ3v) is 16.5. The van der Waals surface area contributed by atoms with Gasteiger partial charge < -0.3 is 59.2 Å². The van der Waals surface area contributed by atoms with Crippen LogP contribution in [-0.4, -0.2) is 156 Å². The second kappa shape index (κ2) is 31.1. The molecule has 564 valence electrons. The zero-order valence-corrected chi connectivity index (χ0v) is 65.2. The van der Waals surface area contributed by atoms with Gasteiger partial charge in [-0.25, -0.2) is 24.9 Å². The molecule has 12 aromatic rings. The van der Waals surface area contributed by atoms with Gasteiger partial charge in [-0.2, -0.15) is 29.9 Å². The molecule has 12 heterocycles. The van der Waals surface area contributed by atoms with Crippen molar-refractivity contribution in [3.63, 3.8) is 0 Å². The van der Waals surface area contributed by atoms with Crippen LogP contribution in [0.15, 0.2) is 78.9 Å². The Balaban J connectivity index is 0.000000176. The predicted molar refractivity (Wildman–Crippen MR) is 409 cm³/mol. The number of nitrogens with zero attached hydrogens (tertiary/aromatic N) is 24. The van der Waals surface area contributed by atoms with Crippen LogP contribution in [0.1, 0.15) is 125 Å². The summed E-state index contributed by atoms with van der Waals surface area (Å²) in [5.74, 6) is 2.33. The molecule has 0 aliphatic carbocycles. The fraction of sp³-hybridized carbons (Fsp3) is 0.515. The van der Waals surface area contributed by atoms with Crippen molar-refractivity contribution in [2.75, 3.05) is 62.1 Å². The lowest BCUT2D eigenvalue weighted by molar-refractivity contribution is 0.210. The van der Waals surface area contributed by atoms with Crippen LogP contribution in [0.5, 0.6) is 0 Å². The number of fused-ring (bicyclic) bond motifs is 6. The number of aliphatic hydroxyl groups excluding tert-OH is 1. The van der Waals surface area contributed by atoms with Gasteiger partial charge in [0.1, 0.15) is 43.4 Å². The number of anilines is 4. The highest BCUT2D eigenvalue weighted by Gasteiger charge is 2.26. The maximum Gasteiger partial charge on any atom is 0.280 e. The van der Waals surface area contributed by atoms with E-state index >= 15 is 0 Å². The molecule has 0 radical (unpaired) electrons. The van der Waals surface area contributed by atoms with Crippen molar-refractivity contribution in [3.05, 3.63) is 129 Å². The molecule has 0 unspecified atom stereocenters. The lowest BCUT2D eigenvalue weighted by atomic mass is 10.1. The molecule has 0 atom stereocenters. The maximum absolute atomic E-state index is 12.5. The van der Waals surface area contributed by atoms with Crippen LogP contribution in [0.2, 0.25) is 5.28 Å². The Morgan fingerprint density at radius 2 is 0.743 bits per heavy atom. The molecule has 0 aromatic carbocycles. The minimum Gasteiger partial charge on any atom is -0.395 e. The highest BCUT2D eigenvalue weighted by molar-refractivity contribution is 6.29. The van der Waals surface area contributed by atoms with Gasteiger partial charge in [0.25, 0.3) is 44.8 Å². The first kappa shape index (κ1) is 81.2. The minimum absolute atomic E-state index is 0.00283. The number of pyridine rings is 1. The molecule has 37 heteroatoms. The number of aromatic nitrogens is 23. The number of hydrogen-bond acceptors (Lipinski definition) is 24. The third-order valence-electron chi connectivity index (χ3n) is 16.2. The van der Waals surface area contributed by atoms with Crippen LogP contribution >= 0.6 is 11.6 Å². The SMILES string of the molecule is CNc1nc2ncn(C(C)(C)C)c(=O)c2n1C.COCCNc1nc2ncn(C(C)(C)C)c(=O)c2n1C.Cn1c(Cl)nc2ncn(C(C)(C)C)c(=O)c21.Cn1c(N)nc2ncn(C(C)(C)C)c(=O)c21.Cn1c(NCCO)nc2ncn(C(C)(C)C)c(=O)c21.[C-]#[N+]c1ccc2c(=O)n(C(C)(C)C)cnc2n1. The van der Waals surface area contributed by atoms with Crippen molar-refractivity contribution >= 4 is 108 Å². The summed E-state index contributed by atoms with van der Waals surface area (Å²) in [5, 5.41) is 18.5. The van der Waals surface area contributed by atoms with E-state index in [0.717, 1.165) is 0 Å². The van der Waals surface area contributed by atoms with Gasteiger partial charge in [0.15, 0.2) is 55.8 Å². The molecule has 0 saturated heterocycles. The van der Waals surface area contributed by atoms with E-state index in [4.69, 9.17) is 33.8 Å². The number of ether oxygens (including phenoxy) is 1. The lowest BCUT2D eigenvalue weighted by Gasteiger charge is -2.21. The monoisotopic (exact) mass is 1470 g/mol. The van der Waals surface area contributed by atoms with E-state index in [1.54, 1.807) is 118 Å². The molecule has 36 nitrogen and oxygen atoms in total. The summed E-state index contributed by atoms with van der Waals surface area (Å²) in [4.78, 5) is 127. The van der Waals surface area contributed by atoms with Crippen LogP contribution in [0.25, 0.3) is 71.7 Å². The quantitative estimate of drug-likeness (QED) is 0.0636. The first-order chi connectivity index (χ1) is 48.6. The van der Waals surface area contributed by atoms with E-state index in [1.165, 1.54) is 31.4 Å². The maximum atomic E-state index is 12.5. The second-order valence-corrected chi connectivity index (χ2v) is 30.7. The topological polar surface area (TPSA) is 407 Å². The van der Waals surface area contributed by atoms with Gasteiger partial charge in [0.2, 0.25) is 29.1 Å². The normalized spacial score (nSPS) is 12.0. The standard InChI is InChI=1S/C13H21N5O2.C12H19N5O2.C12H12N4O.C11H17N5O.C10H13ClN4O.C10H15N5O/c1-13(2,3)18-8-15-10-9(11(18)19)17(4)12(16-10)14-6-7-20-5;1-12(2,3)17-7-14-9-8(10(17)19)16(4)11(15-9)13-5-6-18;1-12(2,3)16-7-14-10-8(11(16)17)5-6-9(13-4)15-10;1-11(2,3)16-6-13-8-7(9(16)17)15(5)10(12-4)14-8;2*1-10(2,3)15-5-12-7-6(8(15)16)14(4)9(11)13-7/h8H,6-7H2,1-5H3,(H,14,16);7,18H,5-6H2,1-4H3,(H,13,15);5-7H,1-3H3;6H,1-5H3,(H,12,14);5H,1-4H3;5H,1-4H3,(H2,11,13). The van der Waals surface area contributed by atoms with Crippen molar-refractivity contribution < 1.29 is 9.84 Å². The Kier molecular flexibility index (Phi) is 24.1. The van der Waals surface area contributed by atoms with Gasteiger partial charge in [-0.3, -0.25) is 56.2 Å². The molecule has 0 amide bonds. The molecular formula is C68H97ClN28O8. The van der Waals surface area contributed by atoms with E-state index in [0.29, 0.717) is 110 Å². The molecule has 0 bridgehead atoms. The molecule has 0 saturated carbocycles.